The Bertz CT molecular complexity index is 156. The van der Waals surface area contributed by atoms with Crippen LogP contribution in [0.15, 0.2) is 27.3 Å². The minimum Gasteiger partial charge on any atom is -0.293 e. The minimum atomic E-state index is 1.02. The monoisotopic (exact) mass is 235 g/mol. The Hall–Kier alpha value is -0.120. The van der Waals surface area contributed by atoms with Gasteiger partial charge < -0.3 is 0 Å². The molecule has 50 valence electrons. The summed E-state index contributed by atoms with van der Waals surface area (Å²) in [6.45, 7) is 5.66. The van der Waals surface area contributed by atoms with Gasteiger partial charge in [-0.1, -0.05) is 6.58 Å². The lowest BCUT2D eigenvalue weighted by molar-refractivity contribution is 1.43. The van der Waals surface area contributed by atoms with Gasteiger partial charge in [-0.2, -0.15) is 0 Å². The predicted octanol–water partition coefficient (Wildman–Crippen LogP) is 2.58. The van der Waals surface area contributed by atoms with Crippen LogP contribution in [0.2, 0.25) is 0 Å². The molecule has 0 bridgehead atoms. The minimum absolute atomic E-state index is 1.02. The molecule has 1 nitrogen and oxygen atoms in total. The maximum Gasteiger partial charge on any atom is 0.0314 e. The van der Waals surface area contributed by atoms with Gasteiger partial charge in [-0.15, -0.1) is 0 Å². The molecule has 0 aliphatic rings. The van der Waals surface area contributed by atoms with Crippen LogP contribution in [-0.2, 0) is 0 Å². The fourth-order valence-corrected chi connectivity index (χ4v) is 0.465. The van der Waals surface area contributed by atoms with Crippen molar-refractivity contribution in [3.63, 3.8) is 0 Å². The van der Waals surface area contributed by atoms with Gasteiger partial charge in [0, 0.05) is 16.3 Å². The van der Waals surface area contributed by atoms with Crippen LogP contribution in [0.1, 0.15) is 6.92 Å². The maximum atomic E-state index is 3.95. The summed E-state index contributed by atoms with van der Waals surface area (Å²) in [5.41, 5.74) is 1.02. The molecule has 0 aromatic carbocycles. The second kappa shape index (κ2) is 4.73. The molecule has 9 heavy (non-hydrogen) atoms. The lowest BCUT2D eigenvalue weighted by Gasteiger charge is -1.85. The zero-order valence-electron chi connectivity index (χ0n) is 5.69. The molecule has 0 radical (unpaired) electrons. The Morgan fingerprint density at radius 1 is 1.56 bits per heavy atom. The summed E-state index contributed by atoms with van der Waals surface area (Å²) < 4.78 is 1.02. The molecule has 0 heterocycles. The first-order valence-electron chi connectivity index (χ1n) is 2.62. The van der Waals surface area contributed by atoms with E-state index in [2.05, 4.69) is 34.2 Å². The van der Waals surface area contributed by atoms with Crippen LogP contribution in [0, 0.1) is 0 Å². The van der Waals surface area contributed by atoms with Crippen LogP contribution in [0.3, 0.4) is 0 Å². The average molecular weight is 235 g/mol. The fraction of sp³-hybridized carbons (Fsp3) is 0.286. The van der Waals surface area contributed by atoms with Crippen LogP contribution in [0.5, 0.6) is 0 Å². The highest BCUT2D eigenvalue weighted by Gasteiger charge is 1.78. The average Bonchev–Trinajstić information content (AvgIpc) is 1.83. The first-order chi connectivity index (χ1) is 4.16. The van der Waals surface area contributed by atoms with Gasteiger partial charge in [-0.25, -0.2) is 0 Å². The van der Waals surface area contributed by atoms with Gasteiger partial charge >= 0.3 is 0 Å². The molecule has 0 aromatic heterocycles. The third-order valence-electron chi connectivity index (χ3n) is 0.858. The van der Waals surface area contributed by atoms with Crippen molar-refractivity contribution in [1.29, 1.82) is 0 Å². The summed E-state index contributed by atoms with van der Waals surface area (Å²) in [6.07, 6.45) is 3.87. The molecule has 0 atom stereocenters. The molecule has 0 aliphatic carbocycles. The van der Waals surface area contributed by atoms with E-state index in [9.17, 15) is 0 Å². The summed E-state index contributed by atoms with van der Waals surface area (Å²) in [7, 11) is 1.77. The van der Waals surface area contributed by atoms with E-state index in [-0.39, 0.29) is 0 Å². The number of hydrogen-bond donors (Lipinski definition) is 0. The van der Waals surface area contributed by atoms with Gasteiger partial charge in [0.25, 0.3) is 0 Å². The van der Waals surface area contributed by atoms with E-state index in [0.717, 1.165) is 9.29 Å². The van der Waals surface area contributed by atoms with Crippen molar-refractivity contribution in [2.75, 3.05) is 7.05 Å². The van der Waals surface area contributed by atoms with Crippen molar-refractivity contribution in [2.24, 2.45) is 4.99 Å². The quantitative estimate of drug-likeness (QED) is 0.396. The zero-order chi connectivity index (χ0) is 7.28. The van der Waals surface area contributed by atoms with Gasteiger partial charge in [0.2, 0.25) is 0 Å². The van der Waals surface area contributed by atoms with Crippen molar-refractivity contribution in [2.45, 2.75) is 6.92 Å². The van der Waals surface area contributed by atoms with E-state index in [4.69, 9.17) is 0 Å². The van der Waals surface area contributed by atoms with E-state index in [1.807, 2.05) is 19.1 Å². The highest BCUT2D eigenvalue weighted by atomic mass is 127. The second-order valence-corrected chi connectivity index (χ2v) is 3.03. The molecular weight excluding hydrogens is 225 g/mol. The molecule has 0 aliphatic heterocycles. The number of nitrogens with zero attached hydrogens (tertiary/aromatic N) is 1. The second-order valence-electron chi connectivity index (χ2n) is 1.65. The van der Waals surface area contributed by atoms with Crippen LogP contribution in [0.25, 0.3) is 0 Å². The van der Waals surface area contributed by atoms with Gasteiger partial charge in [0.1, 0.15) is 0 Å². The van der Waals surface area contributed by atoms with Crippen LogP contribution in [0.4, 0.5) is 0 Å². The molecule has 0 unspecified atom stereocenters. The normalized spacial score (nSPS) is 12.6. The zero-order valence-corrected chi connectivity index (χ0v) is 7.84. The topological polar surface area (TPSA) is 12.4 Å². The van der Waals surface area contributed by atoms with Gasteiger partial charge in [0.05, 0.1) is 0 Å². The van der Waals surface area contributed by atoms with Crippen molar-refractivity contribution >= 4 is 28.3 Å². The van der Waals surface area contributed by atoms with Crippen molar-refractivity contribution < 1.29 is 0 Å². The summed E-state index contributed by atoms with van der Waals surface area (Å²) in [6, 6.07) is 0. The molecule has 2 heteroatoms. The molecular formula is C7H10IN. The van der Waals surface area contributed by atoms with E-state index >= 15 is 0 Å². The van der Waals surface area contributed by atoms with Crippen LogP contribution in [-0.4, -0.2) is 12.8 Å². The standard InChI is InChI=1S/C7H10IN/c1-6(8)4-5-7(2)9-3/h4-5H,1H2,2-3H3/b5-4-,9-7-. The van der Waals surface area contributed by atoms with Gasteiger partial charge in [-0.05, 0) is 41.7 Å². The summed E-state index contributed by atoms with van der Waals surface area (Å²) in [5, 5.41) is 0. The molecule has 0 spiro atoms. The summed E-state index contributed by atoms with van der Waals surface area (Å²) >= 11 is 2.16. The lowest BCUT2D eigenvalue weighted by atomic mass is 10.4. The van der Waals surface area contributed by atoms with Crippen molar-refractivity contribution in [3.05, 3.63) is 22.3 Å². The summed E-state index contributed by atoms with van der Waals surface area (Å²) in [5.74, 6) is 0. The molecule has 0 N–H and O–H groups in total. The molecule has 0 fully saturated rings. The molecule has 0 aromatic rings. The number of rotatable bonds is 2. The van der Waals surface area contributed by atoms with E-state index in [0.29, 0.717) is 0 Å². The Balaban J connectivity index is 3.86. The highest BCUT2D eigenvalue weighted by molar-refractivity contribution is 14.1. The maximum absolute atomic E-state index is 3.95. The largest absolute Gasteiger partial charge is 0.293 e. The summed E-state index contributed by atoms with van der Waals surface area (Å²) in [4.78, 5) is 3.95. The predicted molar refractivity (Wildman–Crippen MR) is 51.3 cm³/mol. The number of aliphatic imine (C=N–C) groups is 1. The first-order valence-corrected chi connectivity index (χ1v) is 3.70. The highest BCUT2D eigenvalue weighted by Crippen LogP contribution is 2.02. The smallest absolute Gasteiger partial charge is 0.0314 e. The SMILES string of the molecule is C=C(I)/C=C\C(C)=N/C. The molecule has 0 saturated carbocycles. The Morgan fingerprint density at radius 2 is 2.11 bits per heavy atom. The number of hydrogen-bond acceptors (Lipinski definition) is 1. The van der Waals surface area contributed by atoms with Crippen LogP contribution >= 0.6 is 22.6 Å². The van der Waals surface area contributed by atoms with E-state index in [1.165, 1.54) is 0 Å². The molecule has 0 rings (SSSR count). The Kier molecular flexibility index (Phi) is 4.67. The van der Waals surface area contributed by atoms with E-state index < -0.39 is 0 Å². The lowest BCUT2D eigenvalue weighted by Crippen LogP contribution is -1.80. The Morgan fingerprint density at radius 3 is 2.44 bits per heavy atom. The third-order valence-corrected chi connectivity index (χ3v) is 1.22. The Labute approximate surface area is 69.7 Å². The van der Waals surface area contributed by atoms with Crippen molar-refractivity contribution in [1.82, 2.24) is 0 Å². The third kappa shape index (κ3) is 5.76. The van der Waals surface area contributed by atoms with Crippen molar-refractivity contribution in [3.8, 4) is 0 Å². The molecule has 0 saturated heterocycles. The number of halogens is 1. The van der Waals surface area contributed by atoms with Gasteiger partial charge in [-0.3, -0.25) is 4.99 Å². The molecule has 0 amide bonds. The first kappa shape index (κ1) is 8.88. The van der Waals surface area contributed by atoms with Crippen LogP contribution < -0.4 is 0 Å². The van der Waals surface area contributed by atoms with E-state index in [1.54, 1.807) is 7.05 Å². The fourth-order valence-electron chi connectivity index (χ4n) is 0.286. The number of allylic oxidation sites excluding steroid dienone is 3. The van der Waals surface area contributed by atoms with Gasteiger partial charge in [0.15, 0.2) is 0 Å².